The van der Waals surface area contributed by atoms with Crippen LogP contribution in [0.3, 0.4) is 0 Å². The number of sulfone groups is 2. The maximum atomic E-state index is 13.2. The van der Waals surface area contributed by atoms with Crippen LogP contribution in [0.25, 0.3) is 0 Å². The molecular weight excluding hydrogens is 593 g/mol. The molecule has 236 valence electrons. The summed E-state index contributed by atoms with van der Waals surface area (Å²) < 4.78 is 57.7. The van der Waals surface area contributed by atoms with Crippen molar-refractivity contribution in [2.75, 3.05) is 0 Å². The molecule has 8 heteroatoms. The number of ether oxygens (including phenoxy) is 1. The lowest BCUT2D eigenvalue weighted by atomic mass is 9.78. The second kappa shape index (κ2) is 14.9. The summed E-state index contributed by atoms with van der Waals surface area (Å²) in [5.74, 6) is 1.73. The molecule has 0 saturated heterocycles. The number of benzene rings is 4. The van der Waals surface area contributed by atoms with Crippen molar-refractivity contribution in [3.8, 4) is 17.2 Å². The topological polar surface area (TPSA) is 97.7 Å². The Bertz CT molecular complexity index is 1680. The summed E-state index contributed by atoms with van der Waals surface area (Å²) in [6, 6.07) is 24.4. The van der Waals surface area contributed by atoms with E-state index in [2.05, 4.69) is 41.5 Å². The van der Waals surface area contributed by atoms with Crippen molar-refractivity contribution in [2.45, 2.75) is 92.2 Å². The van der Waals surface area contributed by atoms with Crippen LogP contribution < -0.4 is 4.74 Å². The zero-order chi connectivity index (χ0) is 32.5. The monoisotopic (exact) mass is 636 g/mol. The second-order valence-corrected chi connectivity index (χ2v) is 15.2. The van der Waals surface area contributed by atoms with E-state index in [0.717, 1.165) is 24.3 Å². The highest BCUT2D eigenvalue weighted by Gasteiger charge is 2.24. The number of phenolic OH excluding ortho intramolecular Hbond substituents is 1. The minimum atomic E-state index is -3.74. The first-order chi connectivity index (χ1) is 20.8. The lowest BCUT2D eigenvalue weighted by molar-refractivity contribution is 0.438. The third-order valence-corrected chi connectivity index (χ3v) is 12.0. The van der Waals surface area contributed by atoms with Crippen LogP contribution in [0.15, 0.2) is 117 Å². The number of aromatic hydroxyl groups is 1. The molecule has 0 amide bonds. The van der Waals surface area contributed by atoms with Crippen LogP contribution >= 0.6 is 0 Å². The largest absolute Gasteiger partial charge is 0.508 e. The Morgan fingerprint density at radius 1 is 0.591 bits per heavy atom. The molecule has 0 aliphatic heterocycles. The van der Waals surface area contributed by atoms with Gasteiger partial charge in [0.25, 0.3) is 0 Å². The fourth-order valence-electron chi connectivity index (χ4n) is 4.39. The van der Waals surface area contributed by atoms with E-state index >= 15 is 0 Å². The van der Waals surface area contributed by atoms with Gasteiger partial charge in [-0.1, -0.05) is 66.5 Å². The quantitative estimate of drug-likeness (QED) is 0.176. The van der Waals surface area contributed by atoms with E-state index in [1.165, 1.54) is 73.5 Å². The molecule has 0 aliphatic carbocycles. The van der Waals surface area contributed by atoms with Gasteiger partial charge in [0, 0.05) is 0 Å². The highest BCUT2D eigenvalue weighted by atomic mass is 32.2. The van der Waals surface area contributed by atoms with E-state index in [1.807, 2.05) is 12.1 Å². The van der Waals surface area contributed by atoms with E-state index in [0.29, 0.717) is 11.5 Å². The maximum Gasteiger partial charge on any atom is 0.206 e. The first kappa shape index (κ1) is 34.9. The molecule has 4 rings (SSSR count). The van der Waals surface area contributed by atoms with E-state index < -0.39 is 19.7 Å². The highest BCUT2D eigenvalue weighted by molar-refractivity contribution is 7.91. The van der Waals surface area contributed by atoms with Gasteiger partial charge in [-0.3, -0.25) is 0 Å². The molecule has 4 aromatic rings. The third kappa shape index (κ3) is 8.30. The van der Waals surface area contributed by atoms with Crippen LogP contribution in [0.1, 0.15) is 72.8 Å². The van der Waals surface area contributed by atoms with E-state index in [4.69, 9.17) is 4.74 Å². The van der Waals surface area contributed by atoms with Crippen LogP contribution in [-0.2, 0) is 25.1 Å². The van der Waals surface area contributed by atoms with Gasteiger partial charge in [0.05, 0.1) is 19.6 Å². The van der Waals surface area contributed by atoms with Crippen molar-refractivity contribution in [1.82, 2.24) is 0 Å². The summed E-state index contributed by atoms with van der Waals surface area (Å²) in [5.41, 5.74) is 1.13. The number of phenols is 1. The molecule has 0 saturated carbocycles. The van der Waals surface area contributed by atoms with Crippen molar-refractivity contribution in [3.05, 3.63) is 103 Å². The van der Waals surface area contributed by atoms with Gasteiger partial charge >= 0.3 is 0 Å². The van der Waals surface area contributed by atoms with Gasteiger partial charge in [-0.15, -0.1) is 0 Å². The Morgan fingerprint density at radius 3 is 1.20 bits per heavy atom. The van der Waals surface area contributed by atoms with Crippen molar-refractivity contribution in [2.24, 2.45) is 5.92 Å². The predicted octanol–water partition coefficient (Wildman–Crippen LogP) is 9.37. The minimum Gasteiger partial charge on any atom is -0.508 e. The van der Waals surface area contributed by atoms with Crippen LogP contribution in [0.2, 0.25) is 0 Å². The van der Waals surface area contributed by atoms with Crippen molar-refractivity contribution in [3.63, 3.8) is 0 Å². The van der Waals surface area contributed by atoms with E-state index in [9.17, 15) is 21.9 Å². The molecule has 0 radical (unpaired) electrons. The molecule has 0 heterocycles. The Balaban J connectivity index is 0.000000801. The van der Waals surface area contributed by atoms with Crippen molar-refractivity contribution < 1.29 is 26.7 Å². The first-order valence-electron chi connectivity index (χ1n) is 15.1. The van der Waals surface area contributed by atoms with Gasteiger partial charge in [0.1, 0.15) is 17.2 Å². The zero-order valence-corrected chi connectivity index (χ0v) is 28.1. The molecule has 4 aromatic carbocycles. The van der Waals surface area contributed by atoms with Gasteiger partial charge in [0.15, 0.2) is 0 Å². The molecule has 0 aliphatic rings. The summed E-state index contributed by atoms with van der Waals surface area (Å²) in [4.78, 5) is 0.540. The fraction of sp³-hybridized carbons (Fsp3) is 0.333. The number of hydrogen-bond donors (Lipinski definition) is 1. The molecular formula is C36H44O6S2. The Labute approximate surface area is 263 Å². The maximum absolute atomic E-state index is 13.2. The standard InChI is InChI=1S/C30H30O6S2.C6H14/c1-4-30(3,5-2)22-6-14-26(15-7-22)37(32,33)28-18-10-24(11-19-28)36-25-12-20-29(21-13-25)38(34,35)27-16-8-23(31)9-17-27;1-4-6(3)5-2/h6-21,31H,4-5H2,1-3H3;6H,4-5H2,1-3H3. The minimum absolute atomic E-state index is 0.00912. The van der Waals surface area contributed by atoms with Gasteiger partial charge in [-0.25, -0.2) is 16.8 Å². The second-order valence-electron chi connectivity index (χ2n) is 11.3. The smallest absolute Gasteiger partial charge is 0.206 e. The van der Waals surface area contributed by atoms with Crippen LogP contribution in [0.5, 0.6) is 17.2 Å². The van der Waals surface area contributed by atoms with Crippen molar-refractivity contribution in [1.29, 1.82) is 0 Å². The third-order valence-electron chi connectivity index (χ3n) is 8.47. The van der Waals surface area contributed by atoms with Crippen LogP contribution in [0, 0.1) is 5.92 Å². The molecule has 0 unspecified atom stereocenters. The van der Waals surface area contributed by atoms with E-state index in [1.54, 1.807) is 24.3 Å². The average molecular weight is 637 g/mol. The molecule has 44 heavy (non-hydrogen) atoms. The summed E-state index contributed by atoms with van der Waals surface area (Å²) >= 11 is 0. The van der Waals surface area contributed by atoms with Gasteiger partial charge in [-0.05, 0) is 115 Å². The summed E-state index contributed by atoms with van der Waals surface area (Å²) in [6.45, 7) is 13.2. The van der Waals surface area contributed by atoms with Gasteiger partial charge in [0.2, 0.25) is 19.7 Å². The fourth-order valence-corrected chi connectivity index (χ4v) is 6.91. The summed E-state index contributed by atoms with van der Waals surface area (Å²) in [5, 5.41) is 9.40. The van der Waals surface area contributed by atoms with Crippen LogP contribution in [-0.4, -0.2) is 21.9 Å². The van der Waals surface area contributed by atoms with Crippen LogP contribution in [0.4, 0.5) is 0 Å². The van der Waals surface area contributed by atoms with Crippen molar-refractivity contribution >= 4 is 19.7 Å². The SMILES string of the molecule is CCC(C)(CC)c1ccc(S(=O)(=O)c2ccc(Oc3ccc(S(=O)(=O)c4ccc(O)cc4)cc3)cc2)cc1.CCC(C)CC. The lowest BCUT2D eigenvalue weighted by Crippen LogP contribution is -2.19. The molecule has 6 nitrogen and oxygen atoms in total. The molecule has 0 aromatic heterocycles. The molecule has 0 spiro atoms. The first-order valence-corrected chi connectivity index (χ1v) is 18.0. The predicted molar refractivity (Wildman–Crippen MR) is 176 cm³/mol. The Kier molecular flexibility index (Phi) is 11.8. The lowest BCUT2D eigenvalue weighted by Gasteiger charge is -2.27. The van der Waals surface area contributed by atoms with Gasteiger partial charge < -0.3 is 9.84 Å². The Hall–Kier alpha value is -3.62. The Morgan fingerprint density at radius 2 is 0.909 bits per heavy atom. The molecule has 0 bridgehead atoms. The molecule has 0 fully saturated rings. The normalized spacial score (nSPS) is 12.0. The summed E-state index contributed by atoms with van der Waals surface area (Å²) in [7, 11) is -7.43. The number of hydrogen-bond acceptors (Lipinski definition) is 6. The molecule has 1 N–H and O–H groups in total. The van der Waals surface area contributed by atoms with E-state index in [-0.39, 0.29) is 30.7 Å². The van der Waals surface area contributed by atoms with Gasteiger partial charge in [-0.2, -0.15) is 0 Å². The average Bonchev–Trinajstić information content (AvgIpc) is 3.05. The highest BCUT2D eigenvalue weighted by Crippen LogP contribution is 2.33. The molecule has 0 atom stereocenters. The summed E-state index contributed by atoms with van der Waals surface area (Å²) in [6.07, 6.45) is 4.59. The number of rotatable bonds is 11. The zero-order valence-electron chi connectivity index (χ0n) is 26.4.